The molecule has 6 aromatic carbocycles. The molecule has 0 radical (unpaired) electrons. The molecule has 0 atom stereocenters. The summed E-state index contributed by atoms with van der Waals surface area (Å²) in [5.41, 5.74) is 13.7. The first kappa shape index (κ1) is 28.2. The van der Waals surface area contributed by atoms with Crippen LogP contribution in [0.4, 0.5) is 0 Å². The molecule has 0 spiro atoms. The van der Waals surface area contributed by atoms with E-state index in [2.05, 4.69) is 167 Å². The maximum Gasteiger partial charge on any atom is 0.138 e. The van der Waals surface area contributed by atoms with Crippen molar-refractivity contribution < 1.29 is 0 Å². The first-order valence-corrected chi connectivity index (χ1v) is 18.7. The fraction of sp³-hybridized carbons (Fsp3) is 0. The standard InChI is InChI=1S/C45H29N5Si/c1-3-11-31(12-4-1)49-40-17-9-7-15-33(40)35-23-28(19-21-42(35)49)30-25-37-38-26-39(47-48-45(38)51-44(37)46-27-30)29-20-22-43-36(24-29)34-16-8-10-18-41(34)50(43)32-13-5-2-6-14-32/h1-27H,51H2. The molecule has 51 heavy (non-hydrogen) atoms. The van der Waals surface area contributed by atoms with E-state index in [9.17, 15) is 0 Å². The summed E-state index contributed by atoms with van der Waals surface area (Å²) in [7, 11) is -0.819. The zero-order chi connectivity index (χ0) is 33.5. The Morgan fingerprint density at radius 2 is 0.922 bits per heavy atom. The van der Waals surface area contributed by atoms with E-state index in [0.717, 1.165) is 39.1 Å². The average Bonchev–Trinajstić information content (AvgIpc) is 3.85. The highest BCUT2D eigenvalue weighted by Gasteiger charge is 2.24. The van der Waals surface area contributed by atoms with Gasteiger partial charge in [-0.15, -0.1) is 0 Å². The molecule has 5 heterocycles. The minimum atomic E-state index is -0.819. The lowest BCUT2D eigenvalue weighted by Crippen LogP contribution is -2.26. The van der Waals surface area contributed by atoms with Crippen molar-refractivity contribution in [2.75, 3.05) is 0 Å². The van der Waals surface area contributed by atoms with E-state index < -0.39 is 9.52 Å². The summed E-state index contributed by atoms with van der Waals surface area (Å²) in [5, 5.41) is 16.8. The summed E-state index contributed by atoms with van der Waals surface area (Å²) in [6.07, 6.45) is 2.04. The second kappa shape index (κ2) is 10.9. The van der Waals surface area contributed by atoms with E-state index >= 15 is 0 Å². The molecule has 0 aliphatic carbocycles. The lowest BCUT2D eigenvalue weighted by atomic mass is 10.00. The Bertz CT molecular complexity index is 2790. The SMILES string of the molecule is c1ccc(-n2c3ccccc3c3cc(-c4cnc5c(c4)-c4cc(-c6ccc7c(c6)c6ccccc6n7-c6ccccc6)nnc4[SiH2]5)ccc32)cc1. The maximum absolute atomic E-state index is 5.04. The van der Waals surface area contributed by atoms with Crippen LogP contribution < -0.4 is 10.6 Å². The zero-order valence-electron chi connectivity index (χ0n) is 27.5. The van der Waals surface area contributed by atoms with E-state index in [1.165, 1.54) is 60.1 Å². The number of hydrogen-bond acceptors (Lipinski definition) is 3. The van der Waals surface area contributed by atoms with Crippen molar-refractivity contribution in [1.29, 1.82) is 0 Å². The number of nitrogens with zero attached hydrogens (tertiary/aromatic N) is 5. The Morgan fingerprint density at radius 1 is 0.392 bits per heavy atom. The number of benzene rings is 6. The number of pyridine rings is 1. The molecule has 0 bridgehead atoms. The Kier molecular flexibility index (Phi) is 6.05. The number of hydrogen-bond donors (Lipinski definition) is 0. The van der Waals surface area contributed by atoms with Crippen molar-refractivity contribution in [2.24, 2.45) is 0 Å². The van der Waals surface area contributed by atoms with Gasteiger partial charge in [0.05, 0.1) is 33.1 Å². The van der Waals surface area contributed by atoms with Gasteiger partial charge in [0.25, 0.3) is 0 Å². The molecule has 0 amide bonds. The van der Waals surface area contributed by atoms with Gasteiger partial charge in [0, 0.05) is 66.7 Å². The third-order valence-electron chi connectivity index (χ3n) is 10.5. The first-order chi connectivity index (χ1) is 25.3. The van der Waals surface area contributed by atoms with Crippen molar-refractivity contribution in [3.8, 4) is 44.9 Å². The molecule has 10 aromatic rings. The molecular weight excluding hydrogens is 639 g/mol. The van der Waals surface area contributed by atoms with Crippen LogP contribution in [0.5, 0.6) is 0 Å². The molecule has 0 saturated carbocycles. The van der Waals surface area contributed by atoms with E-state index in [-0.39, 0.29) is 0 Å². The summed E-state index contributed by atoms with van der Waals surface area (Å²) >= 11 is 0. The smallest absolute Gasteiger partial charge is 0.138 e. The van der Waals surface area contributed by atoms with Crippen LogP contribution in [0.1, 0.15) is 0 Å². The third-order valence-corrected chi connectivity index (χ3v) is 12.2. The normalized spacial score (nSPS) is 12.7. The van der Waals surface area contributed by atoms with Gasteiger partial charge >= 0.3 is 0 Å². The number of fused-ring (bicyclic) bond motifs is 9. The lowest BCUT2D eigenvalue weighted by Gasteiger charge is -2.09. The van der Waals surface area contributed by atoms with Gasteiger partial charge in [0.15, 0.2) is 0 Å². The molecule has 0 unspecified atom stereocenters. The van der Waals surface area contributed by atoms with Crippen molar-refractivity contribution in [2.45, 2.75) is 0 Å². The molecule has 1 aliphatic heterocycles. The molecule has 0 fully saturated rings. The third kappa shape index (κ3) is 4.30. The quantitative estimate of drug-likeness (QED) is 0.177. The summed E-state index contributed by atoms with van der Waals surface area (Å²) < 4.78 is 4.70. The number of rotatable bonds is 4. The summed E-state index contributed by atoms with van der Waals surface area (Å²) in [6, 6.07) is 56.5. The number of para-hydroxylation sites is 4. The fourth-order valence-corrected chi connectivity index (χ4v) is 9.71. The predicted octanol–water partition coefficient (Wildman–Crippen LogP) is 8.50. The van der Waals surface area contributed by atoms with Gasteiger partial charge in [0.1, 0.15) is 9.52 Å². The van der Waals surface area contributed by atoms with Crippen LogP contribution in [0.15, 0.2) is 164 Å². The Labute approximate surface area is 295 Å². The molecule has 6 heteroatoms. The largest absolute Gasteiger partial charge is 0.309 e. The van der Waals surface area contributed by atoms with Crippen molar-refractivity contribution >= 4 is 63.8 Å². The lowest BCUT2D eigenvalue weighted by molar-refractivity contribution is 1.07. The summed E-state index contributed by atoms with van der Waals surface area (Å²) in [6.45, 7) is 0. The summed E-state index contributed by atoms with van der Waals surface area (Å²) in [5.74, 6) is 0. The van der Waals surface area contributed by atoms with Crippen molar-refractivity contribution in [3.63, 3.8) is 0 Å². The molecule has 5 nitrogen and oxygen atoms in total. The second-order valence-electron chi connectivity index (χ2n) is 13.3. The molecular formula is C45H29N5Si. The Balaban J connectivity index is 1.01. The first-order valence-electron chi connectivity index (χ1n) is 17.3. The van der Waals surface area contributed by atoms with E-state index in [0.29, 0.717) is 0 Å². The highest BCUT2D eigenvalue weighted by atomic mass is 28.2. The highest BCUT2D eigenvalue weighted by molar-refractivity contribution is 6.71. The van der Waals surface area contributed by atoms with E-state index in [1.54, 1.807) is 0 Å². The van der Waals surface area contributed by atoms with Crippen LogP contribution in [-0.2, 0) is 0 Å². The number of aromatic nitrogens is 5. The van der Waals surface area contributed by atoms with Gasteiger partial charge in [-0.2, -0.15) is 10.2 Å². The van der Waals surface area contributed by atoms with Gasteiger partial charge in [-0.05, 0) is 78.4 Å². The van der Waals surface area contributed by atoms with E-state index in [4.69, 9.17) is 15.2 Å². The van der Waals surface area contributed by atoms with Crippen LogP contribution in [0.25, 0.3) is 88.5 Å². The molecule has 0 N–H and O–H groups in total. The minimum Gasteiger partial charge on any atom is -0.309 e. The molecule has 0 saturated heterocycles. The minimum absolute atomic E-state index is 0.819. The Hall–Kier alpha value is -6.63. The highest BCUT2D eigenvalue weighted by Crippen LogP contribution is 2.37. The Morgan fingerprint density at radius 3 is 1.57 bits per heavy atom. The second-order valence-corrected chi connectivity index (χ2v) is 15.0. The van der Waals surface area contributed by atoms with Gasteiger partial charge in [-0.1, -0.05) is 84.9 Å². The van der Waals surface area contributed by atoms with Gasteiger partial charge in [0.2, 0.25) is 0 Å². The van der Waals surface area contributed by atoms with Crippen LogP contribution in [0.3, 0.4) is 0 Å². The average molecular weight is 668 g/mol. The maximum atomic E-state index is 5.04. The monoisotopic (exact) mass is 667 g/mol. The predicted molar refractivity (Wildman–Crippen MR) is 213 cm³/mol. The zero-order valence-corrected chi connectivity index (χ0v) is 28.9. The van der Waals surface area contributed by atoms with Crippen LogP contribution in [0.2, 0.25) is 0 Å². The molecule has 1 aliphatic rings. The molecule has 238 valence electrons. The van der Waals surface area contributed by atoms with Crippen LogP contribution >= 0.6 is 0 Å². The molecule has 11 rings (SSSR count). The van der Waals surface area contributed by atoms with Crippen molar-refractivity contribution in [1.82, 2.24) is 24.3 Å². The van der Waals surface area contributed by atoms with Gasteiger partial charge in [-0.25, -0.2) is 0 Å². The van der Waals surface area contributed by atoms with Crippen molar-refractivity contribution in [3.05, 3.63) is 164 Å². The topological polar surface area (TPSA) is 48.5 Å². The van der Waals surface area contributed by atoms with Crippen LogP contribution in [-0.4, -0.2) is 33.8 Å². The van der Waals surface area contributed by atoms with E-state index in [1.807, 2.05) is 6.20 Å². The fourth-order valence-electron chi connectivity index (χ4n) is 8.10. The van der Waals surface area contributed by atoms with Crippen LogP contribution in [0, 0.1) is 0 Å². The molecule has 4 aromatic heterocycles. The van der Waals surface area contributed by atoms with Gasteiger partial charge < -0.3 is 9.13 Å². The van der Waals surface area contributed by atoms with Gasteiger partial charge in [-0.3, -0.25) is 4.98 Å². The summed E-state index contributed by atoms with van der Waals surface area (Å²) in [4.78, 5) is 5.04.